The summed E-state index contributed by atoms with van der Waals surface area (Å²) in [6.07, 6.45) is 0. The van der Waals surface area contributed by atoms with Crippen LogP contribution in [0.15, 0.2) is 261 Å². The maximum absolute atomic E-state index is 2.43. The van der Waals surface area contributed by atoms with Crippen LogP contribution < -0.4 is 4.90 Å². The Labute approximate surface area is 419 Å². The summed E-state index contributed by atoms with van der Waals surface area (Å²) in [5, 5.41) is 4.93. The van der Waals surface area contributed by atoms with E-state index in [9.17, 15) is 0 Å². The lowest BCUT2D eigenvalue weighted by Gasteiger charge is -2.28. The van der Waals surface area contributed by atoms with Gasteiger partial charge in [-0.25, -0.2) is 0 Å². The standard InChI is InChI=1S/C69H49N3/c1-69(2)63-27-14-12-25-57(63)58-37-36-56(45-64(58)69)70(54-34-29-47(30-35-54)46-17-6-3-7-18-46)55-24-16-19-48(41-55)49-31-39-67-61(43-49)62-44-51(33-40-68(62)72(67)53-22-10-5-11-23-53)50-32-38-66-60(42-50)59-26-13-15-28-65(59)71(66)52-20-8-4-9-21-52/h3-45H,1-2H3. The lowest BCUT2D eigenvalue weighted by molar-refractivity contribution is 0.660. The van der Waals surface area contributed by atoms with Gasteiger partial charge in [-0.15, -0.1) is 0 Å². The van der Waals surface area contributed by atoms with E-state index in [2.05, 4.69) is 289 Å². The average Bonchev–Trinajstić information content (AvgIpc) is 4.03. The molecule has 0 amide bonds. The zero-order valence-corrected chi connectivity index (χ0v) is 40.2. The Hall–Kier alpha value is -9.18. The van der Waals surface area contributed by atoms with E-state index < -0.39 is 0 Å². The van der Waals surface area contributed by atoms with Crippen molar-refractivity contribution in [3.63, 3.8) is 0 Å². The SMILES string of the molecule is CC1(C)c2ccccc2-c2ccc(N(c3ccc(-c4ccccc4)cc3)c3cccc(-c4ccc5c(c4)c4cc(-c6ccc7c(c6)c6ccccc6n7-c6ccccc6)ccc4n5-c4ccccc4)c3)cc21. The van der Waals surface area contributed by atoms with Crippen LogP contribution in [0.5, 0.6) is 0 Å². The monoisotopic (exact) mass is 919 g/mol. The molecule has 14 rings (SSSR count). The molecule has 72 heavy (non-hydrogen) atoms. The number of rotatable bonds is 8. The van der Waals surface area contributed by atoms with E-state index in [1.54, 1.807) is 0 Å². The van der Waals surface area contributed by atoms with Crippen molar-refractivity contribution in [2.75, 3.05) is 4.90 Å². The van der Waals surface area contributed by atoms with Gasteiger partial charge in [0.15, 0.2) is 0 Å². The number of hydrogen-bond donors (Lipinski definition) is 0. The minimum absolute atomic E-state index is 0.129. The molecule has 1 aliphatic rings. The molecule has 1 aliphatic carbocycles. The number of para-hydroxylation sites is 3. The van der Waals surface area contributed by atoms with E-state index in [1.807, 2.05) is 0 Å². The summed E-state index contributed by atoms with van der Waals surface area (Å²) in [6, 6.07) is 95.9. The van der Waals surface area contributed by atoms with Crippen molar-refractivity contribution in [2.24, 2.45) is 0 Å². The summed E-state index contributed by atoms with van der Waals surface area (Å²) >= 11 is 0. The molecule has 2 heterocycles. The zero-order chi connectivity index (χ0) is 47.9. The average molecular weight is 920 g/mol. The highest BCUT2D eigenvalue weighted by molar-refractivity contribution is 6.13. The van der Waals surface area contributed by atoms with Crippen molar-refractivity contribution in [3.05, 3.63) is 272 Å². The Balaban J connectivity index is 0.910. The summed E-state index contributed by atoms with van der Waals surface area (Å²) in [4.78, 5) is 2.43. The normalized spacial score (nSPS) is 12.7. The van der Waals surface area contributed by atoms with Crippen molar-refractivity contribution in [1.82, 2.24) is 9.13 Å². The van der Waals surface area contributed by atoms with Crippen LogP contribution >= 0.6 is 0 Å². The minimum Gasteiger partial charge on any atom is -0.310 e. The predicted octanol–water partition coefficient (Wildman–Crippen LogP) is 18.7. The van der Waals surface area contributed by atoms with Crippen molar-refractivity contribution >= 4 is 60.7 Å². The minimum atomic E-state index is -0.129. The second kappa shape index (κ2) is 16.5. The smallest absolute Gasteiger partial charge is 0.0541 e. The topological polar surface area (TPSA) is 13.1 Å². The molecule has 0 fully saturated rings. The van der Waals surface area contributed by atoms with E-state index in [1.165, 1.54) is 93.7 Å². The molecule has 11 aromatic carbocycles. The summed E-state index contributed by atoms with van der Waals surface area (Å²) in [6.45, 7) is 4.72. The molecule has 2 aromatic heterocycles. The van der Waals surface area contributed by atoms with Crippen LogP contribution in [-0.4, -0.2) is 9.13 Å². The molecule has 0 aliphatic heterocycles. The quantitative estimate of drug-likeness (QED) is 0.148. The van der Waals surface area contributed by atoms with Gasteiger partial charge in [0.05, 0.1) is 22.1 Å². The zero-order valence-electron chi connectivity index (χ0n) is 40.2. The van der Waals surface area contributed by atoms with Crippen molar-refractivity contribution in [1.29, 1.82) is 0 Å². The molecule has 0 unspecified atom stereocenters. The van der Waals surface area contributed by atoms with Gasteiger partial charge in [0, 0.05) is 55.4 Å². The first-order valence-corrected chi connectivity index (χ1v) is 25.0. The third kappa shape index (κ3) is 6.66. The molecule has 3 nitrogen and oxygen atoms in total. The van der Waals surface area contributed by atoms with Gasteiger partial charge >= 0.3 is 0 Å². The predicted molar refractivity (Wildman–Crippen MR) is 304 cm³/mol. The second-order valence-corrected chi connectivity index (χ2v) is 19.8. The van der Waals surface area contributed by atoms with Crippen LogP contribution in [0, 0.1) is 0 Å². The first kappa shape index (κ1) is 41.8. The number of aromatic nitrogens is 2. The molecule has 0 saturated heterocycles. The number of benzene rings is 11. The maximum atomic E-state index is 2.43. The fourth-order valence-corrected chi connectivity index (χ4v) is 11.8. The highest BCUT2D eigenvalue weighted by atomic mass is 15.1. The molecule has 3 heteroatoms. The molecular weight excluding hydrogens is 871 g/mol. The van der Waals surface area contributed by atoms with Crippen molar-refractivity contribution in [3.8, 4) is 55.9 Å². The van der Waals surface area contributed by atoms with E-state index in [4.69, 9.17) is 0 Å². The molecular formula is C69H49N3. The Kier molecular flexibility index (Phi) is 9.56. The number of nitrogens with zero attached hydrogens (tertiary/aromatic N) is 3. The van der Waals surface area contributed by atoms with Crippen LogP contribution in [0.2, 0.25) is 0 Å². The van der Waals surface area contributed by atoms with E-state index >= 15 is 0 Å². The van der Waals surface area contributed by atoms with Gasteiger partial charge in [-0.2, -0.15) is 0 Å². The van der Waals surface area contributed by atoms with Gasteiger partial charge in [-0.05, 0) is 159 Å². The van der Waals surface area contributed by atoms with Crippen molar-refractivity contribution in [2.45, 2.75) is 19.3 Å². The summed E-state index contributed by atoms with van der Waals surface area (Å²) in [7, 11) is 0. The maximum Gasteiger partial charge on any atom is 0.0541 e. The largest absolute Gasteiger partial charge is 0.310 e. The summed E-state index contributed by atoms with van der Waals surface area (Å²) in [5.41, 5.74) is 22.8. The summed E-state index contributed by atoms with van der Waals surface area (Å²) in [5.74, 6) is 0. The van der Waals surface area contributed by atoms with Crippen LogP contribution in [0.4, 0.5) is 17.1 Å². The first-order valence-electron chi connectivity index (χ1n) is 25.0. The molecule has 0 N–H and O–H groups in total. The molecule has 0 atom stereocenters. The van der Waals surface area contributed by atoms with E-state index in [0.29, 0.717) is 0 Å². The van der Waals surface area contributed by atoms with Gasteiger partial charge in [-0.3, -0.25) is 0 Å². The highest BCUT2D eigenvalue weighted by Gasteiger charge is 2.36. The second-order valence-electron chi connectivity index (χ2n) is 19.8. The number of fused-ring (bicyclic) bond motifs is 9. The van der Waals surface area contributed by atoms with Gasteiger partial charge in [0.25, 0.3) is 0 Å². The molecule has 340 valence electrons. The Bertz CT molecular complexity index is 4220. The Morgan fingerprint density at radius 1 is 0.278 bits per heavy atom. The fourth-order valence-electron chi connectivity index (χ4n) is 11.8. The third-order valence-corrected chi connectivity index (χ3v) is 15.3. The molecule has 0 radical (unpaired) electrons. The third-order valence-electron chi connectivity index (χ3n) is 15.3. The van der Waals surface area contributed by atoms with Gasteiger partial charge < -0.3 is 14.0 Å². The molecule has 0 saturated carbocycles. The van der Waals surface area contributed by atoms with Gasteiger partial charge in [0.2, 0.25) is 0 Å². The van der Waals surface area contributed by atoms with Crippen LogP contribution in [0.3, 0.4) is 0 Å². The first-order chi connectivity index (χ1) is 35.5. The van der Waals surface area contributed by atoms with Crippen LogP contribution in [-0.2, 0) is 5.41 Å². The van der Waals surface area contributed by atoms with E-state index in [0.717, 1.165) is 34.0 Å². The molecule has 0 bridgehead atoms. The molecule has 0 spiro atoms. The van der Waals surface area contributed by atoms with E-state index in [-0.39, 0.29) is 5.41 Å². The number of hydrogen-bond acceptors (Lipinski definition) is 1. The van der Waals surface area contributed by atoms with Gasteiger partial charge in [-0.1, -0.05) is 172 Å². The van der Waals surface area contributed by atoms with Crippen molar-refractivity contribution < 1.29 is 0 Å². The van der Waals surface area contributed by atoms with Crippen LogP contribution in [0.1, 0.15) is 25.0 Å². The summed E-state index contributed by atoms with van der Waals surface area (Å²) < 4.78 is 4.80. The van der Waals surface area contributed by atoms with Crippen LogP contribution in [0.25, 0.3) is 99.5 Å². The fraction of sp³-hybridized carbons (Fsp3) is 0.0435. The number of anilines is 3. The highest BCUT2D eigenvalue weighted by Crippen LogP contribution is 2.51. The Morgan fingerprint density at radius 3 is 1.33 bits per heavy atom. The molecule has 13 aromatic rings. The Morgan fingerprint density at radius 2 is 0.708 bits per heavy atom. The lowest BCUT2D eigenvalue weighted by Crippen LogP contribution is -2.16. The lowest BCUT2D eigenvalue weighted by atomic mass is 9.82. The van der Waals surface area contributed by atoms with Gasteiger partial charge in [0.1, 0.15) is 0 Å².